The van der Waals surface area contributed by atoms with Crippen LogP contribution in [0.15, 0.2) is 22.0 Å². The molecule has 0 spiro atoms. The Morgan fingerprint density at radius 3 is 3.00 bits per heavy atom. The van der Waals surface area contributed by atoms with Crippen LogP contribution in [0.5, 0.6) is 0 Å². The molecule has 0 unspecified atom stereocenters. The fraction of sp³-hybridized carbons (Fsp3) is 0.500. The monoisotopic (exact) mass is 308 g/mol. The van der Waals surface area contributed by atoms with Crippen molar-refractivity contribution >= 4 is 17.2 Å². The number of aromatic nitrogens is 2. The van der Waals surface area contributed by atoms with Crippen LogP contribution >= 0.6 is 11.3 Å². The second-order valence-corrected chi connectivity index (χ2v) is 6.56. The zero-order chi connectivity index (χ0) is 15.3. The summed E-state index contributed by atoms with van der Waals surface area (Å²) >= 11 is 1.57. The van der Waals surface area contributed by atoms with Gasteiger partial charge in [-0.25, -0.2) is 0 Å². The van der Waals surface area contributed by atoms with Gasteiger partial charge < -0.3 is 15.6 Å². The average molecular weight is 308 g/mol. The van der Waals surface area contributed by atoms with Gasteiger partial charge in [-0.15, -0.1) is 11.3 Å². The molecular weight excluding hydrogens is 288 g/mol. The summed E-state index contributed by atoms with van der Waals surface area (Å²) in [4.78, 5) is 16.9. The number of nitrogens with zero attached hydrogens (tertiary/aromatic N) is 2. The van der Waals surface area contributed by atoms with Crippen LogP contribution in [0.1, 0.15) is 32.6 Å². The van der Waals surface area contributed by atoms with Gasteiger partial charge in [0.25, 0.3) is 0 Å². The Kier molecular flexibility index (Phi) is 5.08. The molecule has 0 saturated carbocycles. The summed E-state index contributed by atoms with van der Waals surface area (Å²) in [6.07, 6.45) is 1.69. The molecule has 0 aromatic carbocycles. The van der Waals surface area contributed by atoms with Crippen LogP contribution in [0.2, 0.25) is 0 Å². The van der Waals surface area contributed by atoms with Crippen molar-refractivity contribution in [2.45, 2.75) is 38.6 Å². The van der Waals surface area contributed by atoms with E-state index in [1.54, 1.807) is 11.3 Å². The van der Waals surface area contributed by atoms with E-state index in [0.29, 0.717) is 37.5 Å². The lowest BCUT2D eigenvalue weighted by Gasteiger charge is -2.18. The Labute approximate surface area is 127 Å². The zero-order valence-corrected chi connectivity index (χ0v) is 13.1. The highest BCUT2D eigenvalue weighted by Crippen LogP contribution is 2.21. The van der Waals surface area contributed by atoms with Crippen molar-refractivity contribution < 1.29 is 9.32 Å². The normalized spacial score (nSPS) is 11.6. The number of thiophene rings is 1. The summed E-state index contributed by atoms with van der Waals surface area (Å²) < 4.78 is 5.18. The first kappa shape index (κ1) is 15.7. The molecule has 0 fully saturated rings. The SMILES string of the molecule is CC(C)(N)CNC(=O)CCCc1nc(-c2cccs2)no1. The lowest BCUT2D eigenvalue weighted by molar-refractivity contribution is -0.121. The first-order chi connectivity index (χ1) is 9.94. The van der Waals surface area contributed by atoms with Crippen LogP contribution < -0.4 is 11.1 Å². The molecule has 6 nitrogen and oxygen atoms in total. The quantitative estimate of drug-likeness (QED) is 0.815. The third-order valence-electron chi connectivity index (χ3n) is 2.75. The predicted molar refractivity (Wildman–Crippen MR) is 81.8 cm³/mol. The number of hydrogen-bond acceptors (Lipinski definition) is 6. The van der Waals surface area contributed by atoms with E-state index in [1.807, 2.05) is 31.4 Å². The van der Waals surface area contributed by atoms with Gasteiger partial charge in [0.1, 0.15) is 0 Å². The van der Waals surface area contributed by atoms with Crippen molar-refractivity contribution in [3.63, 3.8) is 0 Å². The van der Waals surface area contributed by atoms with Crippen LogP contribution in [0.3, 0.4) is 0 Å². The van der Waals surface area contributed by atoms with Gasteiger partial charge in [0, 0.05) is 24.9 Å². The summed E-state index contributed by atoms with van der Waals surface area (Å²) in [5, 5.41) is 8.71. The number of hydrogen-bond donors (Lipinski definition) is 2. The molecule has 0 aliphatic heterocycles. The Morgan fingerprint density at radius 1 is 1.52 bits per heavy atom. The van der Waals surface area contributed by atoms with Gasteiger partial charge >= 0.3 is 0 Å². The number of amides is 1. The third kappa shape index (κ3) is 5.28. The molecule has 3 N–H and O–H groups in total. The van der Waals surface area contributed by atoms with Gasteiger partial charge in [-0.2, -0.15) is 4.98 Å². The topological polar surface area (TPSA) is 94.0 Å². The van der Waals surface area contributed by atoms with Gasteiger partial charge in [0.05, 0.1) is 4.88 Å². The molecule has 2 aromatic heterocycles. The summed E-state index contributed by atoms with van der Waals surface area (Å²) in [7, 11) is 0. The standard InChI is InChI=1S/C14H20N4O2S/c1-14(2,15)9-16-11(19)6-3-7-12-17-13(18-20-12)10-5-4-8-21-10/h4-5,8H,3,6-7,9,15H2,1-2H3,(H,16,19). The molecule has 1 amide bonds. The van der Waals surface area contributed by atoms with E-state index in [-0.39, 0.29) is 5.91 Å². The Balaban J connectivity index is 1.73. The number of aryl methyl sites for hydroxylation is 1. The zero-order valence-electron chi connectivity index (χ0n) is 12.3. The van der Waals surface area contributed by atoms with Gasteiger partial charge in [0.15, 0.2) is 0 Å². The number of nitrogens with one attached hydrogen (secondary N) is 1. The van der Waals surface area contributed by atoms with Crippen LogP contribution in [-0.2, 0) is 11.2 Å². The first-order valence-electron chi connectivity index (χ1n) is 6.86. The molecule has 0 radical (unpaired) electrons. The van der Waals surface area contributed by atoms with E-state index in [0.717, 1.165) is 4.88 Å². The molecule has 0 aliphatic rings. The van der Waals surface area contributed by atoms with Gasteiger partial charge in [0.2, 0.25) is 17.6 Å². The van der Waals surface area contributed by atoms with Crippen molar-refractivity contribution in [1.82, 2.24) is 15.5 Å². The maximum absolute atomic E-state index is 11.6. The van der Waals surface area contributed by atoms with Crippen molar-refractivity contribution in [2.75, 3.05) is 6.54 Å². The molecule has 7 heteroatoms. The van der Waals surface area contributed by atoms with E-state index < -0.39 is 5.54 Å². The fourth-order valence-electron chi connectivity index (χ4n) is 1.68. The van der Waals surface area contributed by atoms with Crippen LogP contribution in [-0.4, -0.2) is 28.1 Å². The molecule has 2 heterocycles. The molecule has 0 saturated heterocycles. The van der Waals surface area contributed by atoms with E-state index in [4.69, 9.17) is 10.3 Å². The average Bonchev–Trinajstić information content (AvgIpc) is 3.06. The highest BCUT2D eigenvalue weighted by Gasteiger charge is 2.13. The number of carbonyl (C=O) groups excluding carboxylic acids is 1. The Hall–Kier alpha value is -1.73. The Morgan fingerprint density at radius 2 is 2.33 bits per heavy atom. The minimum absolute atomic E-state index is 0.00785. The summed E-state index contributed by atoms with van der Waals surface area (Å²) in [6.45, 7) is 4.21. The molecular formula is C14H20N4O2S. The maximum Gasteiger partial charge on any atom is 0.226 e. The summed E-state index contributed by atoms with van der Waals surface area (Å²) in [5.41, 5.74) is 5.41. The number of carbonyl (C=O) groups is 1. The molecule has 114 valence electrons. The van der Waals surface area contributed by atoms with Crippen LogP contribution in [0.4, 0.5) is 0 Å². The van der Waals surface area contributed by atoms with Gasteiger partial charge in [-0.05, 0) is 31.7 Å². The van der Waals surface area contributed by atoms with Crippen molar-refractivity contribution in [3.8, 4) is 10.7 Å². The lowest BCUT2D eigenvalue weighted by atomic mass is 10.1. The number of nitrogens with two attached hydrogens (primary N) is 1. The molecule has 2 aromatic rings. The fourth-order valence-corrected chi connectivity index (χ4v) is 2.33. The summed E-state index contributed by atoms with van der Waals surface area (Å²) in [6, 6.07) is 3.89. The largest absolute Gasteiger partial charge is 0.354 e. The molecule has 0 aliphatic carbocycles. The van der Waals surface area contributed by atoms with E-state index in [2.05, 4.69) is 15.5 Å². The number of rotatable bonds is 7. The Bertz CT molecular complexity index is 572. The second kappa shape index (κ2) is 6.82. The van der Waals surface area contributed by atoms with E-state index >= 15 is 0 Å². The van der Waals surface area contributed by atoms with Crippen LogP contribution in [0, 0.1) is 0 Å². The highest BCUT2D eigenvalue weighted by atomic mass is 32.1. The highest BCUT2D eigenvalue weighted by molar-refractivity contribution is 7.13. The van der Waals surface area contributed by atoms with E-state index in [1.165, 1.54) is 0 Å². The molecule has 21 heavy (non-hydrogen) atoms. The molecule has 0 atom stereocenters. The van der Waals surface area contributed by atoms with Crippen molar-refractivity contribution in [2.24, 2.45) is 5.73 Å². The maximum atomic E-state index is 11.6. The summed E-state index contributed by atoms with van der Waals surface area (Å²) in [5.74, 6) is 1.16. The van der Waals surface area contributed by atoms with Gasteiger partial charge in [-0.1, -0.05) is 11.2 Å². The van der Waals surface area contributed by atoms with E-state index in [9.17, 15) is 4.79 Å². The molecule has 0 bridgehead atoms. The smallest absolute Gasteiger partial charge is 0.226 e. The minimum atomic E-state index is -0.391. The second-order valence-electron chi connectivity index (χ2n) is 5.61. The molecule has 2 rings (SSSR count). The lowest BCUT2D eigenvalue weighted by Crippen LogP contribution is -2.45. The van der Waals surface area contributed by atoms with Crippen molar-refractivity contribution in [3.05, 3.63) is 23.4 Å². The predicted octanol–water partition coefficient (Wildman–Crippen LogP) is 1.97. The minimum Gasteiger partial charge on any atom is -0.354 e. The van der Waals surface area contributed by atoms with Crippen LogP contribution in [0.25, 0.3) is 10.7 Å². The third-order valence-corrected chi connectivity index (χ3v) is 3.61. The van der Waals surface area contributed by atoms with Crippen molar-refractivity contribution in [1.29, 1.82) is 0 Å². The van der Waals surface area contributed by atoms with Gasteiger partial charge in [-0.3, -0.25) is 4.79 Å². The first-order valence-corrected chi connectivity index (χ1v) is 7.74.